The van der Waals surface area contributed by atoms with Gasteiger partial charge in [-0.2, -0.15) is 5.26 Å². The predicted octanol–water partition coefficient (Wildman–Crippen LogP) is 4.28. The third-order valence-corrected chi connectivity index (χ3v) is 6.03. The highest BCUT2D eigenvalue weighted by atomic mass is 35.5. The molecule has 0 bridgehead atoms. The molecule has 0 radical (unpaired) electrons. The number of rotatable bonds is 4. The lowest BCUT2D eigenvalue weighted by Gasteiger charge is -2.38. The summed E-state index contributed by atoms with van der Waals surface area (Å²) < 4.78 is 0. The van der Waals surface area contributed by atoms with Crippen molar-refractivity contribution in [1.82, 2.24) is 4.90 Å². The third-order valence-electron chi connectivity index (χ3n) is 5.77. The van der Waals surface area contributed by atoms with Crippen molar-refractivity contribution in [3.8, 4) is 6.07 Å². The van der Waals surface area contributed by atoms with Gasteiger partial charge in [-0.15, -0.1) is 0 Å². The molecule has 2 aromatic carbocycles. The summed E-state index contributed by atoms with van der Waals surface area (Å²) in [6.45, 7) is 4.52. The molecular weight excluding hydrogens is 342 g/mol. The fourth-order valence-corrected chi connectivity index (χ4v) is 4.37. The summed E-state index contributed by atoms with van der Waals surface area (Å²) in [5, 5.41) is 9.99. The van der Waals surface area contributed by atoms with Crippen LogP contribution >= 0.6 is 11.6 Å². The van der Waals surface area contributed by atoms with Crippen molar-refractivity contribution in [3.63, 3.8) is 0 Å². The molecule has 4 heteroatoms. The Bertz CT molecular complexity index is 801. The molecule has 0 N–H and O–H groups in total. The Labute approximate surface area is 160 Å². The first-order valence-corrected chi connectivity index (χ1v) is 9.87. The van der Waals surface area contributed by atoms with Crippen LogP contribution in [0.4, 0.5) is 5.69 Å². The molecule has 0 amide bonds. The summed E-state index contributed by atoms with van der Waals surface area (Å²) in [6.07, 6.45) is 4.60. The van der Waals surface area contributed by atoms with Gasteiger partial charge in [0.05, 0.1) is 11.6 Å². The molecule has 1 fully saturated rings. The molecule has 134 valence electrons. The molecule has 1 saturated heterocycles. The predicted molar refractivity (Wildman–Crippen MR) is 107 cm³/mol. The van der Waals surface area contributed by atoms with E-state index < -0.39 is 0 Å². The van der Waals surface area contributed by atoms with Crippen LogP contribution in [0.2, 0.25) is 5.02 Å². The lowest BCUT2D eigenvalue weighted by Crippen LogP contribution is -2.45. The van der Waals surface area contributed by atoms with Crippen LogP contribution in [0.3, 0.4) is 0 Å². The minimum atomic E-state index is 0.608. The Hall–Kier alpha value is -2.02. The summed E-state index contributed by atoms with van der Waals surface area (Å²) in [4.78, 5) is 5.13. The molecule has 2 aliphatic rings. The zero-order valence-electron chi connectivity index (χ0n) is 15.0. The summed E-state index contributed by atoms with van der Waals surface area (Å²) in [6, 6.07) is 17.3. The van der Waals surface area contributed by atoms with E-state index in [9.17, 15) is 5.26 Å². The van der Waals surface area contributed by atoms with E-state index in [0.29, 0.717) is 6.04 Å². The largest absolute Gasteiger partial charge is 0.368 e. The summed E-state index contributed by atoms with van der Waals surface area (Å²) in [7, 11) is 0. The van der Waals surface area contributed by atoms with Crippen molar-refractivity contribution in [2.24, 2.45) is 0 Å². The van der Waals surface area contributed by atoms with Crippen molar-refractivity contribution >= 4 is 17.3 Å². The van der Waals surface area contributed by atoms with Crippen molar-refractivity contribution in [2.45, 2.75) is 31.7 Å². The molecule has 0 aromatic heterocycles. The Kier molecular flexibility index (Phi) is 5.15. The van der Waals surface area contributed by atoms with Gasteiger partial charge in [-0.3, -0.25) is 0 Å². The molecule has 0 atom stereocenters. The Morgan fingerprint density at radius 3 is 2.54 bits per heavy atom. The second-order valence-electron chi connectivity index (χ2n) is 7.35. The molecule has 0 saturated carbocycles. The SMILES string of the molecule is N#Cc1ccc2c(c1)N(C1CCN(CCc3ccc(Cl)cc3)CC1)CC2. The highest BCUT2D eigenvalue weighted by Crippen LogP contribution is 2.33. The van der Waals surface area contributed by atoms with E-state index in [0.717, 1.165) is 49.6 Å². The average Bonchev–Trinajstić information content (AvgIpc) is 3.11. The van der Waals surface area contributed by atoms with Crippen LogP contribution < -0.4 is 4.90 Å². The Balaban J connectivity index is 1.32. The Morgan fingerprint density at radius 2 is 1.81 bits per heavy atom. The average molecular weight is 366 g/mol. The van der Waals surface area contributed by atoms with Gasteiger partial charge in [0.2, 0.25) is 0 Å². The van der Waals surface area contributed by atoms with Crippen LogP contribution in [0.15, 0.2) is 42.5 Å². The molecule has 0 aliphatic carbocycles. The van der Waals surface area contributed by atoms with Gasteiger partial charge < -0.3 is 9.80 Å². The van der Waals surface area contributed by atoms with Gasteiger partial charge in [-0.25, -0.2) is 0 Å². The maximum absolute atomic E-state index is 9.19. The number of anilines is 1. The van der Waals surface area contributed by atoms with E-state index in [-0.39, 0.29) is 0 Å². The monoisotopic (exact) mass is 365 g/mol. The maximum Gasteiger partial charge on any atom is 0.0992 e. The van der Waals surface area contributed by atoms with Gasteiger partial charge in [0.25, 0.3) is 0 Å². The molecule has 26 heavy (non-hydrogen) atoms. The third kappa shape index (κ3) is 3.72. The van der Waals surface area contributed by atoms with Crippen molar-refractivity contribution in [1.29, 1.82) is 5.26 Å². The molecule has 4 rings (SSSR count). The molecule has 0 unspecified atom stereocenters. The van der Waals surface area contributed by atoms with Crippen LogP contribution in [-0.4, -0.2) is 37.1 Å². The summed E-state index contributed by atoms with van der Waals surface area (Å²) in [5.74, 6) is 0. The van der Waals surface area contributed by atoms with Gasteiger partial charge in [-0.1, -0.05) is 29.8 Å². The highest BCUT2D eigenvalue weighted by Gasteiger charge is 2.29. The molecule has 0 spiro atoms. The quantitative estimate of drug-likeness (QED) is 0.810. The van der Waals surface area contributed by atoms with Gasteiger partial charge in [-0.05, 0) is 61.1 Å². The number of hydrogen-bond acceptors (Lipinski definition) is 3. The van der Waals surface area contributed by atoms with E-state index in [1.165, 1.54) is 29.7 Å². The number of benzene rings is 2. The van der Waals surface area contributed by atoms with E-state index in [1.54, 1.807) is 0 Å². The fraction of sp³-hybridized carbons (Fsp3) is 0.409. The van der Waals surface area contributed by atoms with Crippen LogP contribution in [0.1, 0.15) is 29.5 Å². The highest BCUT2D eigenvalue weighted by molar-refractivity contribution is 6.30. The Morgan fingerprint density at radius 1 is 1.04 bits per heavy atom. The van der Waals surface area contributed by atoms with Crippen LogP contribution in [0.25, 0.3) is 0 Å². The first kappa shape index (κ1) is 17.4. The number of nitrogens with zero attached hydrogens (tertiary/aromatic N) is 3. The van der Waals surface area contributed by atoms with Crippen molar-refractivity contribution in [2.75, 3.05) is 31.1 Å². The van der Waals surface area contributed by atoms with Crippen LogP contribution in [0, 0.1) is 11.3 Å². The van der Waals surface area contributed by atoms with Gasteiger partial charge in [0.15, 0.2) is 0 Å². The molecule has 2 aliphatic heterocycles. The summed E-state index contributed by atoms with van der Waals surface area (Å²) >= 11 is 5.96. The number of halogens is 1. The fourth-order valence-electron chi connectivity index (χ4n) is 4.25. The van der Waals surface area contributed by atoms with Gasteiger partial charge >= 0.3 is 0 Å². The number of likely N-dealkylation sites (tertiary alicyclic amines) is 1. The zero-order chi connectivity index (χ0) is 17.9. The van der Waals surface area contributed by atoms with Gasteiger partial charge in [0.1, 0.15) is 0 Å². The number of piperidine rings is 1. The second-order valence-corrected chi connectivity index (χ2v) is 7.78. The molecule has 3 nitrogen and oxygen atoms in total. The molecular formula is C22H24ClN3. The topological polar surface area (TPSA) is 30.3 Å². The standard InChI is InChI=1S/C22H24ClN3/c23-20-5-2-17(3-6-20)7-11-25-12-9-21(10-13-25)26-14-8-19-4-1-18(16-24)15-22(19)26/h1-6,15,21H,7-14H2. The maximum atomic E-state index is 9.19. The van der Waals surface area contributed by atoms with Crippen molar-refractivity contribution in [3.05, 3.63) is 64.2 Å². The number of nitriles is 1. The first-order valence-electron chi connectivity index (χ1n) is 9.49. The van der Waals surface area contributed by atoms with E-state index in [1.807, 2.05) is 18.2 Å². The molecule has 2 aromatic rings. The van der Waals surface area contributed by atoms with E-state index in [4.69, 9.17) is 11.6 Å². The minimum absolute atomic E-state index is 0.608. The minimum Gasteiger partial charge on any atom is -0.368 e. The van der Waals surface area contributed by atoms with Crippen LogP contribution in [0.5, 0.6) is 0 Å². The lowest BCUT2D eigenvalue weighted by atomic mass is 10.0. The summed E-state index contributed by atoms with van der Waals surface area (Å²) in [5.41, 5.74) is 4.82. The van der Waals surface area contributed by atoms with E-state index >= 15 is 0 Å². The number of hydrogen-bond donors (Lipinski definition) is 0. The normalized spacial score (nSPS) is 17.9. The van der Waals surface area contributed by atoms with Crippen LogP contribution in [-0.2, 0) is 12.8 Å². The van der Waals surface area contributed by atoms with Gasteiger partial charge in [0, 0.05) is 42.9 Å². The van der Waals surface area contributed by atoms with Crippen molar-refractivity contribution < 1.29 is 0 Å². The zero-order valence-corrected chi connectivity index (χ0v) is 15.8. The smallest absolute Gasteiger partial charge is 0.0992 e. The lowest BCUT2D eigenvalue weighted by molar-refractivity contribution is 0.212. The first-order chi connectivity index (χ1) is 12.7. The second kappa shape index (κ2) is 7.70. The number of fused-ring (bicyclic) bond motifs is 1. The molecule has 2 heterocycles. The van der Waals surface area contributed by atoms with E-state index in [2.05, 4.69) is 40.1 Å².